The van der Waals surface area contributed by atoms with Crippen LogP contribution in [0.3, 0.4) is 0 Å². The first-order valence-electron chi connectivity index (χ1n) is 10.0. The van der Waals surface area contributed by atoms with Gasteiger partial charge in [0.2, 0.25) is 0 Å². The van der Waals surface area contributed by atoms with Crippen molar-refractivity contribution < 1.29 is 24.9 Å². The summed E-state index contributed by atoms with van der Waals surface area (Å²) in [6, 6.07) is 6.60. The van der Waals surface area contributed by atoms with Gasteiger partial charge in [0.1, 0.15) is 34.7 Å². The Morgan fingerprint density at radius 1 is 1.03 bits per heavy atom. The molecule has 158 valence electrons. The van der Waals surface area contributed by atoms with Crippen molar-refractivity contribution in [3.8, 4) is 23.0 Å². The second-order valence-electron chi connectivity index (χ2n) is 8.16. The smallest absolute Gasteiger partial charge is 0.174 e. The van der Waals surface area contributed by atoms with Crippen LogP contribution in [-0.4, -0.2) is 21.1 Å². The minimum atomic E-state index is -0.705. The molecule has 0 bridgehead atoms. The Kier molecular flexibility index (Phi) is 6.20. The normalized spacial score (nSPS) is 15.2. The van der Waals surface area contributed by atoms with Crippen LogP contribution in [0, 0.1) is 0 Å². The summed E-state index contributed by atoms with van der Waals surface area (Å²) < 4.78 is 6.13. The van der Waals surface area contributed by atoms with Gasteiger partial charge in [-0.2, -0.15) is 0 Å². The van der Waals surface area contributed by atoms with Crippen LogP contribution in [0.5, 0.6) is 23.0 Å². The summed E-state index contributed by atoms with van der Waals surface area (Å²) in [5, 5.41) is 31.5. The largest absolute Gasteiger partial charge is 0.507 e. The van der Waals surface area contributed by atoms with Crippen LogP contribution in [0.4, 0.5) is 0 Å². The summed E-state index contributed by atoms with van der Waals surface area (Å²) in [4.78, 5) is 12.9. The number of carbonyl (C=O) groups excluding carboxylic acids is 1. The summed E-state index contributed by atoms with van der Waals surface area (Å²) in [5.41, 5.74) is 4.00. The van der Waals surface area contributed by atoms with Crippen LogP contribution >= 0.6 is 0 Å². The van der Waals surface area contributed by atoms with Crippen molar-refractivity contribution in [1.29, 1.82) is 0 Å². The van der Waals surface area contributed by atoms with Crippen LogP contribution in [0.2, 0.25) is 0 Å². The number of carbonyl (C=O) groups is 1. The Labute approximate surface area is 177 Å². The number of ether oxygens (including phenoxy) is 1. The zero-order valence-corrected chi connectivity index (χ0v) is 17.8. The average molecular weight is 408 g/mol. The number of aromatic hydroxyl groups is 3. The van der Waals surface area contributed by atoms with E-state index in [4.69, 9.17) is 4.74 Å². The van der Waals surface area contributed by atoms with Crippen LogP contribution in [-0.2, 0) is 12.8 Å². The lowest BCUT2D eigenvalue weighted by molar-refractivity contribution is 0.0839. The standard InChI is InChI=1S/C25H28O5/c1-14(2)8-10-16-6-5-7-18(24(16)29)22-13-21(28)23-20(27)12-19(26)17(25(23)30-22)11-9-15(3)4/h5-9,12,22,26-27,29H,10-11,13H2,1-4H3/t22-/m0/s1. The molecule has 3 N–H and O–H groups in total. The van der Waals surface area contributed by atoms with E-state index in [1.54, 1.807) is 6.07 Å². The molecule has 30 heavy (non-hydrogen) atoms. The van der Waals surface area contributed by atoms with Gasteiger partial charge in [-0.3, -0.25) is 4.79 Å². The maximum atomic E-state index is 12.9. The van der Waals surface area contributed by atoms with Crippen molar-refractivity contribution in [2.75, 3.05) is 0 Å². The van der Waals surface area contributed by atoms with Gasteiger partial charge in [0.15, 0.2) is 5.78 Å². The van der Waals surface area contributed by atoms with E-state index in [-0.39, 0.29) is 40.8 Å². The van der Waals surface area contributed by atoms with Crippen molar-refractivity contribution >= 4 is 5.78 Å². The molecule has 2 aromatic carbocycles. The molecule has 0 amide bonds. The van der Waals surface area contributed by atoms with E-state index in [1.807, 2.05) is 52.0 Å². The van der Waals surface area contributed by atoms with E-state index in [1.165, 1.54) is 6.07 Å². The summed E-state index contributed by atoms with van der Waals surface area (Å²) in [5.74, 6) is -0.426. The van der Waals surface area contributed by atoms with Gasteiger partial charge in [0.05, 0.1) is 6.42 Å². The number of para-hydroxylation sites is 1. The third-order valence-corrected chi connectivity index (χ3v) is 5.19. The van der Waals surface area contributed by atoms with E-state index in [9.17, 15) is 20.1 Å². The number of rotatable bonds is 5. The molecule has 5 nitrogen and oxygen atoms in total. The highest BCUT2D eigenvalue weighted by molar-refractivity contribution is 6.03. The number of ketones is 1. The number of fused-ring (bicyclic) bond motifs is 1. The van der Waals surface area contributed by atoms with Crippen molar-refractivity contribution in [3.63, 3.8) is 0 Å². The van der Waals surface area contributed by atoms with Crippen LogP contribution in [0.25, 0.3) is 0 Å². The Hall–Kier alpha value is -3.21. The number of hydrogen-bond donors (Lipinski definition) is 3. The molecule has 0 radical (unpaired) electrons. The summed E-state index contributed by atoms with van der Waals surface area (Å²) in [6.07, 6.45) is 4.17. The van der Waals surface area contributed by atoms with E-state index in [2.05, 4.69) is 0 Å². The Balaban J connectivity index is 2.05. The van der Waals surface area contributed by atoms with Gasteiger partial charge >= 0.3 is 0 Å². The predicted octanol–water partition coefficient (Wildman–Crippen LogP) is 5.53. The molecule has 5 heteroatoms. The van der Waals surface area contributed by atoms with Gasteiger partial charge in [0.25, 0.3) is 0 Å². The molecule has 1 aliphatic heterocycles. The molecule has 1 heterocycles. The summed E-state index contributed by atoms with van der Waals surface area (Å²) >= 11 is 0. The SMILES string of the molecule is CC(C)=CCc1cccc([C@@H]2CC(=O)c3c(O)cc(O)c(CC=C(C)C)c3O2)c1O. The lowest BCUT2D eigenvalue weighted by Gasteiger charge is -2.29. The number of allylic oxidation sites excluding steroid dienone is 4. The van der Waals surface area contributed by atoms with Gasteiger partial charge in [-0.15, -0.1) is 0 Å². The first-order chi connectivity index (χ1) is 14.2. The lowest BCUT2D eigenvalue weighted by Crippen LogP contribution is -2.22. The second kappa shape index (κ2) is 8.66. The predicted molar refractivity (Wildman–Crippen MR) is 116 cm³/mol. The fraction of sp³-hybridized carbons (Fsp3) is 0.320. The lowest BCUT2D eigenvalue weighted by atomic mass is 9.91. The molecule has 1 aliphatic rings. The van der Waals surface area contributed by atoms with Gasteiger partial charge in [0, 0.05) is 17.2 Å². The Morgan fingerprint density at radius 2 is 1.70 bits per heavy atom. The minimum absolute atomic E-state index is 0.00687. The molecule has 0 saturated carbocycles. The molecule has 2 aromatic rings. The van der Waals surface area contributed by atoms with Crippen molar-refractivity contribution in [2.24, 2.45) is 0 Å². The van der Waals surface area contributed by atoms with Gasteiger partial charge < -0.3 is 20.1 Å². The first kappa shape index (κ1) is 21.5. The van der Waals surface area contributed by atoms with Crippen LogP contribution in [0.1, 0.15) is 67.3 Å². The molecule has 1 atom stereocenters. The number of Topliss-reactive ketones (excluding diaryl/α,β-unsaturated/α-hetero) is 1. The third kappa shape index (κ3) is 4.35. The Morgan fingerprint density at radius 3 is 2.37 bits per heavy atom. The highest BCUT2D eigenvalue weighted by Gasteiger charge is 2.34. The average Bonchev–Trinajstić information content (AvgIpc) is 2.65. The van der Waals surface area contributed by atoms with Crippen molar-refractivity contribution in [3.05, 3.63) is 69.8 Å². The topological polar surface area (TPSA) is 87.0 Å². The van der Waals surface area contributed by atoms with Gasteiger partial charge in [-0.25, -0.2) is 0 Å². The van der Waals surface area contributed by atoms with Crippen LogP contribution in [0.15, 0.2) is 47.6 Å². The fourth-order valence-electron chi connectivity index (χ4n) is 3.55. The molecule has 0 aliphatic carbocycles. The first-order valence-corrected chi connectivity index (χ1v) is 10.0. The van der Waals surface area contributed by atoms with E-state index >= 15 is 0 Å². The van der Waals surface area contributed by atoms with E-state index < -0.39 is 6.10 Å². The molecule has 0 saturated heterocycles. The van der Waals surface area contributed by atoms with Crippen molar-refractivity contribution in [1.82, 2.24) is 0 Å². The molecule has 3 rings (SSSR count). The molecule has 0 spiro atoms. The zero-order valence-electron chi connectivity index (χ0n) is 17.8. The molecule has 0 aromatic heterocycles. The maximum Gasteiger partial charge on any atom is 0.174 e. The summed E-state index contributed by atoms with van der Waals surface area (Å²) in [7, 11) is 0. The maximum absolute atomic E-state index is 12.9. The molecule has 0 unspecified atom stereocenters. The quantitative estimate of drug-likeness (QED) is 0.567. The fourth-order valence-corrected chi connectivity index (χ4v) is 3.55. The van der Waals surface area contributed by atoms with E-state index in [0.29, 0.717) is 24.0 Å². The highest BCUT2D eigenvalue weighted by Crippen LogP contribution is 2.47. The van der Waals surface area contributed by atoms with E-state index in [0.717, 1.165) is 16.7 Å². The Bertz CT molecular complexity index is 1040. The monoisotopic (exact) mass is 408 g/mol. The van der Waals surface area contributed by atoms with Crippen LogP contribution < -0.4 is 4.74 Å². The second-order valence-corrected chi connectivity index (χ2v) is 8.16. The summed E-state index contributed by atoms with van der Waals surface area (Å²) in [6.45, 7) is 7.87. The number of benzene rings is 2. The number of phenols is 3. The third-order valence-electron chi connectivity index (χ3n) is 5.19. The zero-order chi connectivity index (χ0) is 22.0. The molecular weight excluding hydrogens is 380 g/mol. The number of hydrogen-bond acceptors (Lipinski definition) is 5. The number of phenolic OH excluding ortho intramolecular Hbond substituents is 3. The highest BCUT2D eigenvalue weighted by atomic mass is 16.5. The van der Waals surface area contributed by atoms with Gasteiger partial charge in [-0.05, 0) is 46.1 Å². The minimum Gasteiger partial charge on any atom is -0.507 e. The van der Waals surface area contributed by atoms with Crippen molar-refractivity contribution in [2.45, 2.75) is 53.1 Å². The van der Waals surface area contributed by atoms with Gasteiger partial charge in [-0.1, -0.05) is 41.5 Å². The molecule has 0 fully saturated rings. The molecular formula is C25H28O5.